The number of hydrogen-bond acceptors (Lipinski definition) is 8. The summed E-state index contributed by atoms with van der Waals surface area (Å²) < 4.78 is 15.9. The number of carbonyl (C=O) groups is 5. The number of amides is 4. The molecular weight excluding hydrogens is 640 g/mol. The van der Waals surface area contributed by atoms with Crippen molar-refractivity contribution in [3.05, 3.63) is 95.6 Å². The first-order chi connectivity index (χ1) is 24.0. The monoisotopic (exact) mass is 684 g/mol. The number of benzene rings is 3. The largest absolute Gasteiger partial charge is 0.467 e. The van der Waals surface area contributed by atoms with E-state index in [9.17, 15) is 24.0 Å². The van der Waals surface area contributed by atoms with Gasteiger partial charge in [0.1, 0.15) is 30.3 Å². The van der Waals surface area contributed by atoms with Crippen molar-refractivity contribution in [3.63, 3.8) is 0 Å². The summed E-state index contributed by atoms with van der Waals surface area (Å²) in [6, 6.07) is 21.0. The Morgan fingerprint density at radius 2 is 1.40 bits per heavy atom. The molecule has 0 aliphatic carbocycles. The molecule has 0 unspecified atom stereocenters. The molecule has 12 heteroatoms. The summed E-state index contributed by atoms with van der Waals surface area (Å²) in [6.45, 7) is 5.75. The first-order valence-electron chi connectivity index (χ1n) is 16.8. The number of hydrogen-bond donors (Lipinski definition) is 2. The Labute approximate surface area is 292 Å². The van der Waals surface area contributed by atoms with E-state index in [1.165, 1.54) is 16.9 Å². The first-order valence-corrected chi connectivity index (χ1v) is 16.8. The van der Waals surface area contributed by atoms with E-state index < -0.39 is 53.7 Å². The summed E-state index contributed by atoms with van der Waals surface area (Å²) in [4.78, 5) is 69.7. The topological polar surface area (TPSA) is 144 Å². The van der Waals surface area contributed by atoms with Gasteiger partial charge in [0.2, 0.25) is 5.91 Å². The zero-order valence-corrected chi connectivity index (χ0v) is 28.8. The van der Waals surface area contributed by atoms with Gasteiger partial charge in [0.25, 0.3) is 5.91 Å². The molecule has 2 aliphatic heterocycles. The van der Waals surface area contributed by atoms with E-state index in [1.807, 2.05) is 54.6 Å². The molecule has 0 spiro atoms. The maximum Gasteiger partial charge on any atom is 0.415 e. The lowest BCUT2D eigenvalue weighted by molar-refractivity contribution is -0.145. The van der Waals surface area contributed by atoms with Crippen LogP contribution in [-0.2, 0) is 48.0 Å². The van der Waals surface area contributed by atoms with Gasteiger partial charge < -0.3 is 24.8 Å². The maximum atomic E-state index is 14.5. The van der Waals surface area contributed by atoms with Crippen molar-refractivity contribution in [1.82, 2.24) is 10.6 Å². The average molecular weight is 685 g/mol. The molecule has 2 heterocycles. The standard InChI is InChI=1S/C38H44N4O8/c1-38(2,3)50-37(47)42-30-20-11-9-17-27(30)23-32(42)34(44)41-29-19-10-8-16-26(29)22-31(41)33(43)40-28(35(45)48-4)18-12-13-21-39-36(46)49-24-25-14-6-5-7-15-25/h5-11,14-17,19-20,28,31-32H,12-13,18,21-24H2,1-4H3,(H,39,46)(H,40,43)/t28-,31-,32+/m1/s1. The van der Waals surface area contributed by atoms with E-state index in [1.54, 1.807) is 45.0 Å². The zero-order valence-electron chi connectivity index (χ0n) is 28.8. The third-order valence-electron chi connectivity index (χ3n) is 8.57. The van der Waals surface area contributed by atoms with Gasteiger partial charge in [0, 0.05) is 25.1 Å². The molecule has 50 heavy (non-hydrogen) atoms. The van der Waals surface area contributed by atoms with Crippen molar-refractivity contribution < 1.29 is 38.2 Å². The fraction of sp³-hybridized carbons (Fsp3) is 0.395. The molecule has 4 amide bonds. The van der Waals surface area contributed by atoms with Crippen LogP contribution in [0.3, 0.4) is 0 Å². The summed E-state index contributed by atoms with van der Waals surface area (Å²) in [5, 5.41) is 5.51. The van der Waals surface area contributed by atoms with Crippen molar-refractivity contribution in [3.8, 4) is 0 Å². The number of para-hydroxylation sites is 2. The highest BCUT2D eigenvalue weighted by atomic mass is 16.6. The fourth-order valence-electron chi connectivity index (χ4n) is 6.25. The van der Waals surface area contributed by atoms with Gasteiger partial charge >= 0.3 is 18.2 Å². The second-order valence-corrected chi connectivity index (χ2v) is 13.3. The Morgan fingerprint density at radius 3 is 2.04 bits per heavy atom. The number of unbranched alkanes of at least 4 members (excludes halogenated alkanes) is 1. The molecule has 0 saturated carbocycles. The van der Waals surface area contributed by atoms with Crippen LogP contribution >= 0.6 is 0 Å². The van der Waals surface area contributed by atoms with Gasteiger partial charge in [-0.25, -0.2) is 14.4 Å². The number of methoxy groups -OCH3 is 1. The van der Waals surface area contributed by atoms with Crippen molar-refractivity contribution in [2.45, 2.75) is 83.2 Å². The molecule has 0 aromatic heterocycles. The first kappa shape index (κ1) is 35.9. The quantitative estimate of drug-likeness (QED) is 0.162. The van der Waals surface area contributed by atoms with Crippen LogP contribution in [0, 0.1) is 0 Å². The van der Waals surface area contributed by atoms with Crippen LogP contribution in [0.5, 0.6) is 0 Å². The number of ether oxygens (including phenoxy) is 3. The van der Waals surface area contributed by atoms with Crippen LogP contribution in [0.4, 0.5) is 21.0 Å². The highest BCUT2D eigenvalue weighted by Crippen LogP contribution is 2.38. The molecule has 12 nitrogen and oxygen atoms in total. The number of rotatable bonds is 11. The van der Waals surface area contributed by atoms with Gasteiger partial charge in [0.05, 0.1) is 12.8 Å². The zero-order chi connectivity index (χ0) is 35.8. The Bertz CT molecular complexity index is 1710. The summed E-state index contributed by atoms with van der Waals surface area (Å²) in [7, 11) is 1.25. The number of nitrogens with zero attached hydrogens (tertiary/aromatic N) is 2. The van der Waals surface area contributed by atoms with Crippen LogP contribution in [0.25, 0.3) is 0 Å². The lowest BCUT2D eigenvalue weighted by Gasteiger charge is -2.33. The third-order valence-corrected chi connectivity index (χ3v) is 8.57. The summed E-state index contributed by atoms with van der Waals surface area (Å²) in [6.07, 6.45) is 0.524. The summed E-state index contributed by atoms with van der Waals surface area (Å²) in [5.41, 5.74) is 2.83. The smallest absolute Gasteiger partial charge is 0.415 e. The van der Waals surface area contributed by atoms with E-state index >= 15 is 0 Å². The number of carbonyl (C=O) groups excluding carboxylic acids is 5. The molecule has 0 fully saturated rings. The molecule has 3 aromatic carbocycles. The van der Waals surface area contributed by atoms with Crippen molar-refractivity contribution in [1.29, 1.82) is 0 Å². The Hall–Kier alpha value is -5.39. The Morgan fingerprint density at radius 1 is 0.800 bits per heavy atom. The van der Waals surface area contributed by atoms with Crippen molar-refractivity contribution >= 4 is 41.3 Å². The van der Waals surface area contributed by atoms with Crippen LogP contribution in [0.2, 0.25) is 0 Å². The highest BCUT2D eigenvalue weighted by molar-refractivity contribution is 6.11. The molecular formula is C38H44N4O8. The van der Waals surface area contributed by atoms with Gasteiger partial charge in [-0.1, -0.05) is 66.7 Å². The second kappa shape index (κ2) is 15.9. The summed E-state index contributed by atoms with van der Waals surface area (Å²) in [5.74, 6) is -1.58. The molecule has 0 bridgehead atoms. The van der Waals surface area contributed by atoms with E-state index in [2.05, 4.69) is 10.6 Å². The average Bonchev–Trinajstić information content (AvgIpc) is 3.69. The van der Waals surface area contributed by atoms with E-state index in [0.29, 0.717) is 30.8 Å². The molecule has 0 saturated heterocycles. The van der Waals surface area contributed by atoms with Crippen LogP contribution < -0.4 is 20.4 Å². The predicted molar refractivity (Wildman–Crippen MR) is 186 cm³/mol. The maximum absolute atomic E-state index is 14.5. The fourth-order valence-corrected chi connectivity index (χ4v) is 6.25. The highest BCUT2D eigenvalue weighted by Gasteiger charge is 2.47. The van der Waals surface area contributed by atoms with Crippen molar-refractivity contribution in [2.24, 2.45) is 0 Å². The lowest BCUT2D eigenvalue weighted by Crippen LogP contribution is -2.57. The third kappa shape index (κ3) is 8.60. The van der Waals surface area contributed by atoms with Gasteiger partial charge in [-0.05, 0) is 68.9 Å². The molecule has 2 N–H and O–H groups in total. The minimum Gasteiger partial charge on any atom is -0.467 e. The molecule has 3 aromatic rings. The number of alkyl carbamates (subject to hydrolysis) is 1. The molecule has 2 aliphatic rings. The number of nitrogens with one attached hydrogen (secondary N) is 2. The minimum absolute atomic E-state index is 0.153. The predicted octanol–water partition coefficient (Wildman–Crippen LogP) is 5.07. The van der Waals surface area contributed by atoms with Gasteiger partial charge in [0.15, 0.2) is 0 Å². The van der Waals surface area contributed by atoms with Gasteiger partial charge in [-0.15, -0.1) is 0 Å². The van der Waals surface area contributed by atoms with E-state index in [4.69, 9.17) is 14.2 Å². The van der Waals surface area contributed by atoms with Crippen molar-refractivity contribution in [2.75, 3.05) is 23.5 Å². The van der Waals surface area contributed by atoms with Gasteiger partial charge in [-0.2, -0.15) is 0 Å². The minimum atomic E-state index is -0.979. The van der Waals surface area contributed by atoms with Crippen LogP contribution in [0.1, 0.15) is 56.7 Å². The lowest BCUT2D eigenvalue weighted by atomic mass is 10.1. The van der Waals surface area contributed by atoms with Crippen LogP contribution in [-0.4, -0.2) is 67.4 Å². The Kier molecular flexibility index (Phi) is 11.4. The van der Waals surface area contributed by atoms with E-state index in [-0.39, 0.29) is 25.9 Å². The summed E-state index contributed by atoms with van der Waals surface area (Å²) >= 11 is 0. The van der Waals surface area contributed by atoms with Crippen LogP contribution in [0.15, 0.2) is 78.9 Å². The van der Waals surface area contributed by atoms with E-state index in [0.717, 1.165) is 16.7 Å². The second-order valence-electron chi connectivity index (χ2n) is 13.3. The Balaban J connectivity index is 1.25. The molecule has 3 atom stereocenters. The number of fused-ring (bicyclic) bond motifs is 2. The number of anilines is 2. The molecule has 0 radical (unpaired) electrons. The van der Waals surface area contributed by atoms with Gasteiger partial charge in [-0.3, -0.25) is 19.4 Å². The molecule has 5 rings (SSSR count). The SMILES string of the molecule is COC(=O)[C@@H](CCCCNC(=O)OCc1ccccc1)NC(=O)[C@H]1Cc2ccccc2N1C(=O)[C@@H]1Cc2ccccc2N1C(=O)OC(C)(C)C. The normalized spacial score (nSPS) is 16.9. The number of esters is 1. The molecule has 264 valence electrons.